The molecular weight excluding hydrogens is 456 g/mol. The number of para-hydroxylation sites is 1. The summed E-state index contributed by atoms with van der Waals surface area (Å²) in [5.74, 6) is 1.31. The van der Waals surface area contributed by atoms with Crippen LogP contribution >= 0.6 is 0 Å². The average molecular weight is 487 g/mol. The molecule has 1 aliphatic heterocycles. The summed E-state index contributed by atoms with van der Waals surface area (Å²) in [5, 5.41) is 3.17. The van der Waals surface area contributed by atoms with E-state index in [0.29, 0.717) is 36.6 Å². The van der Waals surface area contributed by atoms with Crippen molar-refractivity contribution >= 4 is 11.8 Å². The molecule has 7 heteroatoms. The third kappa shape index (κ3) is 5.00. The summed E-state index contributed by atoms with van der Waals surface area (Å²) in [7, 11) is 0. The van der Waals surface area contributed by atoms with E-state index in [2.05, 4.69) is 17.4 Å². The minimum Gasteiger partial charge on any atom is -0.488 e. The van der Waals surface area contributed by atoms with Gasteiger partial charge in [-0.05, 0) is 60.4 Å². The number of primary amides is 1. The molecule has 0 spiro atoms. The predicted octanol–water partition coefficient (Wildman–Crippen LogP) is 4.38. The lowest BCUT2D eigenvalue weighted by Crippen LogP contribution is -2.39. The van der Waals surface area contributed by atoms with E-state index in [1.165, 1.54) is 5.56 Å². The zero-order chi connectivity index (χ0) is 25.0. The van der Waals surface area contributed by atoms with Crippen LogP contribution in [-0.2, 0) is 12.0 Å². The number of carbonyl (C=O) groups is 2. The first kappa shape index (κ1) is 23.7. The Bertz CT molecular complexity index is 1270. The Hall–Kier alpha value is -4.00. The second-order valence-electron chi connectivity index (χ2n) is 9.38. The highest BCUT2D eigenvalue weighted by Crippen LogP contribution is 2.43. The first-order chi connectivity index (χ1) is 17.5. The molecular formula is C29H30N2O5. The van der Waals surface area contributed by atoms with Crippen LogP contribution in [0.1, 0.15) is 57.5 Å². The van der Waals surface area contributed by atoms with E-state index >= 15 is 0 Å². The molecule has 0 atom stereocenters. The van der Waals surface area contributed by atoms with Crippen molar-refractivity contribution in [3.63, 3.8) is 0 Å². The summed E-state index contributed by atoms with van der Waals surface area (Å²) in [5.41, 5.74) is 8.21. The largest absolute Gasteiger partial charge is 0.488 e. The van der Waals surface area contributed by atoms with E-state index < -0.39 is 5.91 Å². The van der Waals surface area contributed by atoms with Crippen LogP contribution in [0.15, 0.2) is 66.7 Å². The molecule has 5 rings (SSSR count). The number of amides is 2. The Labute approximate surface area is 210 Å². The SMILES string of the molecule is NC(=O)c1ccccc1OCc1cccc(C(=O)NCC2(c3ccc4c(c3)OCCO4)CCCC2)c1. The Morgan fingerprint density at radius 2 is 1.69 bits per heavy atom. The molecule has 0 saturated heterocycles. The molecule has 0 radical (unpaired) electrons. The Morgan fingerprint density at radius 1 is 0.917 bits per heavy atom. The highest BCUT2D eigenvalue weighted by atomic mass is 16.6. The summed E-state index contributed by atoms with van der Waals surface area (Å²) in [6.07, 6.45) is 4.29. The Kier molecular flexibility index (Phi) is 6.80. The third-order valence-corrected chi connectivity index (χ3v) is 7.04. The van der Waals surface area contributed by atoms with E-state index in [1.807, 2.05) is 24.3 Å². The minimum atomic E-state index is -0.544. The second kappa shape index (κ2) is 10.3. The Balaban J connectivity index is 1.26. The fraction of sp³-hybridized carbons (Fsp3) is 0.310. The molecule has 1 fully saturated rings. The number of carbonyl (C=O) groups excluding carboxylic acids is 2. The fourth-order valence-electron chi connectivity index (χ4n) is 5.10. The van der Waals surface area contributed by atoms with E-state index in [0.717, 1.165) is 42.7 Å². The summed E-state index contributed by atoms with van der Waals surface area (Å²) < 4.78 is 17.3. The van der Waals surface area contributed by atoms with E-state index in [-0.39, 0.29) is 17.9 Å². The molecule has 3 N–H and O–H groups in total. The van der Waals surface area contributed by atoms with Crippen LogP contribution in [0.25, 0.3) is 0 Å². The standard InChI is InChI=1S/C29H30N2O5/c30-27(32)23-8-1-2-9-24(23)36-18-20-6-5-7-21(16-20)28(33)31-19-29(12-3-4-13-29)22-10-11-25-26(17-22)35-15-14-34-25/h1-2,5-11,16-17H,3-4,12-15,18-19H2,(H2,30,32)(H,31,33). The average Bonchev–Trinajstić information content (AvgIpc) is 3.41. The highest BCUT2D eigenvalue weighted by molar-refractivity contribution is 5.95. The Morgan fingerprint density at radius 3 is 2.50 bits per heavy atom. The normalized spacial score (nSPS) is 15.8. The van der Waals surface area contributed by atoms with Gasteiger partial charge in [0.05, 0.1) is 5.56 Å². The molecule has 7 nitrogen and oxygen atoms in total. The monoisotopic (exact) mass is 486 g/mol. The molecule has 2 aliphatic rings. The first-order valence-electron chi connectivity index (χ1n) is 12.3. The third-order valence-electron chi connectivity index (χ3n) is 7.04. The fourth-order valence-corrected chi connectivity index (χ4v) is 5.10. The topological polar surface area (TPSA) is 99.9 Å². The van der Waals surface area contributed by atoms with Gasteiger partial charge < -0.3 is 25.3 Å². The van der Waals surface area contributed by atoms with Crippen molar-refractivity contribution in [1.82, 2.24) is 5.32 Å². The molecule has 1 heterocycles. The maximum Gasteiger partial charge on any atom is 0.252 e. The van der Waals surface area contributed by atoms with Gasteiger partial charge in [-0.1, -0.05) is 43.2 Å². The summed E-state index contributed by atoms with van der Waals surface area (Å²) in [6.45, 7) is 1.88. The van der Waals surface area contributed by atoms with Crippen molar-refractivity contribution < 1.29 is 23.8 Å². The van der Waals surface area contributed by atoms with E-state index in [1.54, 1.807) is 30.3 Å². The minimum absolute atomic E-state index is 0.120. The molecule has 0 bridgehead atoms. The zero-order valence-electron chi connectivity index (χ0n) is 20.1. The lowest BCUT2D eigenvalue weighted by Gasteiger charge is -2.31. The molecule has 1 aliphatic carbocycles. The number of ether oxygens (including phenoxy) is 3. The maximum absolute atomic E-state index is 13.1. The first-order valence-corrected chi connectivity index (χ1v) is 12.3. The molecule has 1 saturated carbocycles. The number of fused-ring (bicyclic) bond motifs is 1. The van der Waals surface area contributed by atoms with Gasteiger partial charge in [-0.3, -0.25) is 9.59 Å². The summed E-state index contributed by atoms with van der Waals surface area (Å²) in [4.78, 5) is 24.8. The number of rotatable bonds is 8. The summed E-state index contributed by atoms with van der Waals surface area (Å²) >= 11 is 0. The van der Waals surface area contributed by atoms with Gasteiger partial charge in [0.15, 0.2) is 11.5 Å². The van der Waals surface area contributed by atoms with E-state index in [9.17, 15) is 9.59 Å². The second-order valence-corrected chi connectivity index (χ2v) is 9.38. The van der Waals surface area contributed by atoms with Crippen LogP contribution in [0, 0.1) is 0 Å². The van der Waals surface area contributed by atoms with Gasteiger partial charge >= 0.3 is 0 Å². The quantitative estimate of drug-likeness (QED) is 0.492. The molecule has 36 heavy (non-hydrogen) atoms. The van der Waals surface area contributed by atoms with Crippen molar-refractivity contribution in [1.29, 1.82) is 0 Å². The van der Waals surface area contributed by atoms with Crippen molar-refractivity contribution in [3.8, 4) is 17.2 Å². The number of nitrogens with one attached hydrogen (secondary N) is 1. The van der Waals surface area contributed by atoms with Gasteiger partial charge in [-0.15, -0.1) is 0 Å². The van der Waals surface area contributed by atoms with Gasteiger partial charge in [-0.25, -0.2) is 0 Å². The molecule has 3 aromatic carbocycles. The van der Waals surface area contributed by atoms with Crippen LogP contribution in [0.2, 0.25) is 0 Å². The number of hydrogen-bond acceptors (Lipinski definition) is 5. The zero-order valence-corrected chi connectivity index (χ0v) is 20.1. The van der Waals surface area contributed by atoms with Gasteiger partial charge in [0.1, 0.15) is 25.6 Å². The molecule has 0 aromatic heterocycles. The number of hydrogen-bond donors (Lipinski definition) is 2. The highest BCUT2D eigenvalue weighted by Gasteiger charge is 2.37. The molecule has 2 amide bonds. The lowest BCUT2D eigenvalue weighted by molar-refractivity contribution is 0.0942. The van der Waals surface area contributed by atoms with Crippen molar-refractivity contribution in [2.75, 3.05) is 19.8 Å². The lowest BCUT2D eigenvalue weighted by atomic mass is 9.78. The van der Waals surface area contributed by atoms with Crippen LogP contribution in [0.3, 0.4) is 0 Å². The van der Waals surface area contributed by atoms with Crippen LogP contribution < -0.4 is 25.3 Å². The van der Waals surface area contributed by atoms with Crippen molar-refractivity contribution in [2.24, 2.45) is 5.73 Å². The molecule has 186 valence electrons. The van der Waals surface area contributed by atoms with Crippen LogP contribution in [0.5, 0.6) is 17.2 Å². The number of nitrogens with two attached hydrogens (primary N) is 1. The van der Waals surface area contributed by atoms with Gasteiger partial charge in [0.2, 0.25) is 0 Å². The maximum atomic E-state index is 13.1. The predicted molar refractivity (Wildman–Crippen MR) is 136 cm³/mol. The van der Waals surface area contributed by atoms with Gasteiger partial charge in [0, 0.05) is 17.5 Å². The smallest absolute Gasteiger partial charge is 0.252 e. The molecule has 0 unspecified atom stereocenters. The summed E-state index contributed by atoms with van der Waals surface area (Å²) in [6, 6.07) is 20.3. The van der Waals surface area contributed by atoms with Gasteiger partial charge in [-0.2, -0.15) is 0 Å². The van der Waals surface area contributed by atoms with E-state index in [4.69, 9.17) is 19.9 Å². The van der Waals surface area contributed by atoms with Gasteiger partial charge in [0.25, 0.3) is 11.8 Å². The number of benzene rings is 3. The van der Waals surface area contributed by atoms with Crippen molar-refractivity contribution in [3.05, 3.63) is 89.0 Å². The van der Waals surface area contributed by atoms with Crippen LogP contribution in [-0.4, -0.2) is 31.6 Å². The van der Waals surface area contributed by atoms with Crippen LogP contribution in [0.4, 0.5) is 0 Å². The molecule has 3 aromatic rings. The van der Waals surface area contributed by atoms with Crippen molar-refractivity contribution in [2.45, 2.75) is 37.7 Å².